The van der Waals surface area contributed by atoms with Crippen molar-refractivity contribution in [2.75, 3.05) is 19.2 Å². The Morgan fingerprint density at radius 3 is 2.58 bits per heavy atom. The van der Waals surface area contributed by atoms with Gasteiger partial charge in [0.15, 0.2) is 11.5 Å². The Hall–Kier alpha value is -2.90. The van der Waals surface area contributed by atoms with Gasteiger partial charge in [-0.15, -0.1) is 0 Å². The first-order valence-corrected chi connectivity index (χ1v) is 6.85. The number of halogens is 3. The van der Waals surface area contributed by atoms with Crippen LogP contribution in [-0.2, 0) is 6.18 Å². The van der Waals surface area contributed by atoms with Gasteiger partial charge in [-0.2, -0.15) is 13.2 Å². The molecule has 0 unspecified atom stereocenters. The van der Waals surface area contributed by atoms with Crippen molar-refractivity contribution in [2.24, 2.45) is 0 Å². The molecule has 0 saturated carbocycles. The van der Waals surface area contributed by atoms with Gasteiger partial charge in [-0.25, -0.2) is 0 Å². The largest absolute Gasteiger partial charge is 0.496 e. The molecule has 1 N–H and O–H groups in total. The van der Waals surface area contributed by atoms with Gasteiger partial charge < -0.3 is 19.5 Å². The third kappa shape index (κ3) is 3.08. The second-order valence-electron chi connectivity index (χ2n) is 4.93. The molecule has 126 valence electrons. The van der Waals surface area contributed by atoms with E-state index in [1.807, 2.05) is 0 Å². The van der Waals surface area contributed by atoms with Gasteiger partial charge in [0.25, 0.3) is 5.91 Å². The summed E-state index contributed by atoms with van der Waals surface area (Å²) in [4.78, 5) is 12.3. The molecule has 0 bridgehead atoms. The van der Waals surface area contributed by atoms with E-state index in [-0.39, 0.29) is 18.1 Å². The van der Waals surface area contributed by atoms with Gasteiger partial charge >= 0.3 is 6.18 Å². The van der Waals surface area contributed by atoms with Gasteiger partial charge in [0.2, 0.25) is 6.79 Å². The van der Waals surface area contributed by atoms with E-state index < -0.39 is 17.6 Å². The summed E-state index contributed by atoms with van der Waals surface area (Å²) in [6, 6.07) is 7.48. The molecule has 8 heteroatoms. The summed E-state index contributed by atoms with van der Waals surface area (Å²) in [5, 5.41) is 2.59. The predicted molar refractivity (Wildman–Crippen MR) is 78.5 cm³/mol. The highest BCUT2D eigenvalue weighted by molar-refractivity contribution is 6.06. The number of carbonyl (C=O) groups excluding carboxylic acids is 1. The Morgan fingerprint density at radius 2 is 1.88 bits per heavy atom. The number of nitrogens with one attached hydrogen (secondary N) is 1. The van der Waals surface area contributed by atoms with Crippen molar-refractivity contribution < 1.29 is 32.2 Å². The van der Waals surface area contributed by atoms with Gasteiger partial charge in [-0.05, 0) is 30.3 Å². The molecule has 1 aliphatic rings. The van der Waals surface area contributed by atoms with Crippen LogP contribution in [-0.4, -0.2) is 19.8 Å². The monoisotopic (exact) mass is 339 g/mol. The number of hydrogen-bond acceptors (Lipinski definition) is 4. The summed E-state index contributed by atoms with van der Waals surface area (Å²) in [5.41, 5.74) is -0.478. The third-order valence-electron chi connectivity index (χ3n) is 3.40. The molecule has 2 aromatic rings. The van der Waals surface area contributed by atoms with Crippen molar-refractivity contribution in [1.82, 2.24) is 0 Å². The second kappa shape index (κ2) is 5.95. The lowest BCUT2D eigenvalue weighted by molar-refractivity contribution is -0.137. The van der Waals surface area contributed by atoms with E-state index in [0.29, 0.717) is 17.2 Å². The van der Waals surface area contributed by atoms with Gasteiger partial charge in [0.05, 0.1) is 18.2 Å². The molecule has 2 aromatic carbocycles. The Balaban J connectivity index is 1.84. The van der Waals surface area contributed by atoms with E-state index in [2.05, 4.69) is 5.32 Å². The highest BCUT2D eigenvalue weighted by Gasteiger charge is 2.31. The molecule has 24 heavy (non-hydrogen) atoms. The molecule has 0 radical (unpaired) electrons. The SMILES string of the molecule is COc1cc(C(F)(F)F)ccc1C(=O)Nc1ccc2c(c1)OCO2. The summed E-state index contributed by atoms with van der Waals surface area (Å²) in [7, 11) is 1.20. The minimum absolute atomic E-state index is 0.0110. The van der Waals surface area contributed by atoms with E-state index >= 15 is 0 Å². The van der Waals surface area contributed by atoms with E-state index in [1.165, 1.54) is 7.11 Å². The molecule has 0 fully saturated rings. The highest BCUT2D eigenvalue weighted by Crippen LogP contribution is 2.35. The number of amides is 1. The Kier molecular flexibility index (Phi) is 3.96. The van der Waals surface area contributed by atoms with Crippen LogP contribution in [0.5, 0.6) is 17.2 Å². The Morgan fingerprint density at radius 1 is 1.12 bits per heavy atom. The Bertz CT molecular complexity index is 789. The fraction of sp³-hybridized carbons (Fsp3) is 0.188. The second-order valence-corrected chi connectivity index (χ2v) is 4.93. The lowest BCUT2D eigenvalue weighted by atomic mass is 10.1. The topological polar surface area (TPSA) is 56.8 Å². The van der Waals surface area contributed by atoms with Gasteiger partial charge in [-0.1, -0.05) is 0 Å². The number of methoxy groups -OCH3 is 1. The van der Waals surface area contributed by atoms with Crippen LogP contribution in [0.25, 0.3) is 0 Å². The maximum atomic E-state index is 12.7. The number of benzene rings is 2. The molecule has 0 aromatic heterocycles. The molecular weight excluding hydrogens is 327 g/mol. The summed E-state index contributed by atoms with van der Waals surface area (Å²) < 4.78 is 53.5. The van der Waals surface area contributed by atoms with Crippen molar-refractivity contribution in [3.8, 4) is 17.2 Å². The number of fused-ring (bicyclic) bond motifs is 1. The minimum Gasteiger partial charge on any atom is -0.496 e. The van der Waals surface area contributed by atoms with Crippen molar-refractivity contribution in [2.45, 2.75) is 6.18 Å². The quantitative estimate of drug-likeness (QED) is 0.926. The first-order chi connectivity index (χ1) is 11.4. The van der Waals surface area contributed by atoms with E-state index in [9.17, 15) is 18.0 Å². The zero-order valence-corrected chi connectivity index (χ0v) is 12.4. The zero-order chi connectivity index (χ0) is 17.3. The van der Waals surface area contributed by atoms with Crippen LogP contribution in [0.4, 0.5) is 18.9 Å². The fourth-order valence-electron chi connectivity index (χ4n) is 2.23. The molecule has 1 amide bonds. The Labute approximate surface area is 134 Å². The average molecular weight is 339 g/mol. The summed E-state index contributed by atoms with van der Waals surface area (Å²) in [5.74, 6) is 0.273. The van der Waals surface area contributed by atoms with E-state index in [1.54, 1.807) is 18.2 Å². The number of hydrogen-bond donors (Lipinski definition) is 1. The highest BCUT2D eigenvalue weighted by atomic mass is 19.4. The molecule has 1 heterocycles. The van der Waals surface area contributed by atoms with E-state index in [4.69, 9.17) is 14.2 Å². The van der Waals surface area contributed by atoms with Crippen molar-refractivity contribution in [3.63, 3.8) is 0 Å². The normalized spacial score (nSPS) is 12.8. The lowest BCUT2D eigenvalue weighted by Crippen LogP contribution is -2.14. The van der Waals surface area contributed by atoms with Crippen molar-refractivity contribution in [3.05, 3.63) is 47.5 Å². The predicted octanol–water partition coefficient (Wildman–Crippen LogP) is 3.70. The molecule has 5 nitrogen and oxygen atoms in total. The maximum absolute atomic E-state index is 12.7. The molecule has 0 aliphatic carbocycles. The minimum atomic E-state index is -4.51. The number of alkyl halides is 3. The van der Waals surface area contributed by atoms with Crippen LogP contribution < -0.4 is 19.5 Å². The standard InChI is InChI=1S/C16H12F3NO4/c1-22-13-6-9(16(17,18)19)2-4-11(13)15(21)20-10-3-5-12-14(7-10)24-8-23-12/h2-7H,8H2,1H3,(H,20,21). The summed E-state index contributed by atoms with van der Waals surface area (Å²) >= 11 is 0. The number of ether oxygens (including phenoxy) is 3. The van der Waals surface area contributed by atoms with Crippen LogP contribution in [0, 0.1) is 0 Å². The molecular formula is C16H12F3NO4. The van der Waals surface area contributed by atoms with Crippen LogP contribution in [0.3, 0.4) is 0 Å². The molecule has 1 aliphatic heterocycles. The first kappa shape index (κ1) is 16.0. The van der Waals surface area contributed by atoms with Gasteiger partial charge in [0.1, 0.15) is 5.75 Å². The molecule has 0 spiro atoms. The summed E-state index contributed by atoms with van der Waals surface area (Å²) in [6.45, 7) is 0.0967. The molecule has 0 atom stereocenters. The maximum Gasteiger partial charge on any atom is 0.416 e. The van der Waals surface area contributed by atoms with Crippen LogP contribution in [0.2, 0.25) is 0 Å². The number of rotatable bonds is 3. The van der Waals surface area contributed by atoms with Crippen LogP contribution in [0.15, 0.2) is 36.4 Å². The van der Waals surface area contributed by atoms with Crippen molar-refractivity contribution in [1.29, 1.82) is 0 Å². The zero-order valence-electron chi connectivity index (χ0n) is 12.4. The number of carbonyl (C=O) groups is 1. The average Bonchev–Trinajstić information content (AvgIpc) is 3.01. The number of anilines is 1. The van der Waals surface area contributed by atoms with Gasteiger partial charge in [-0.3, -0.25) is 4.79 Å². The fourth-order valence-corrected chi connectivity index (χ4v) is 2.23. The van der Waals surface area contributed by atoms with Crippen LogP contribution >= 0.6 is 0 Å². The lowest BCUT2D eigenvalue weighted by Gasteiger charge is -2.13. The summed E-state index contributed by atoms with van der Waals surface area (Å²) in [6.07, 6.45) is -4.51. The van der Waals surface area contributed by atoms with Gasteiger partial charge in [0, 0.05) is 11.8 Å². The smallest absolute Gasteiger partial charge is 0.416 e. The molecule has 0 saturated heterocycles. The van der Waals surface area contributed by atoms with E-state index in [0.717, 1.165) is 18.2 Å². The third-order valence-corrected chi connectivity index (χ3v) is 3.40. The first-order valence-electron chi connectivity index (χ1n) is 6.85. The van der Waals surface area contributed by atoms with Crippen LogP contribution in [0.1, 0.15) is 15.9 Å². The van der Waals surface area contributed by atoms with Crippen molar-refractivity contribution >= 4 is 11.6 Å². The molecule has 3 rings (SSSR count).